The van der Waals surface area contributed by atoms with E-state index in [9.17, 15) is 14.9 Å². The molecule has 132 valence electrons. The predicted molar refractivity (Wildman–Crippen MR) is 99.5 cm³/mol. The zero-order valence-electron chi connectivity index (χ0n) is 14.0. The molecule has 2 amide bonds. The van der Waals surface area contributed by atoms with E-state index in [0.717, 1.165) is 5.56 Å². The minimum Gasteiger partial charge on any atom is -0.482 e. The van der Waals surface area contributed by atoms with Crippen LogP contribution in [0.15, 0.2) is 48.0 Å². The van der Waals surface area contributed by atoms with E-state index in [1.54, 1.807) is 18.2 Å². The van der Waals surface area contributed by atoms with Crippen molar-refractivity contribution in [2.24, 2.45) is 5.73 Å². The van der Waals surface area contributed by atoms with Gasteiger partial charge in [0.05, 0.1) is 5.02 Å². The molecule has 0 bridgehead atoms. The first-order valence-electron chi connectivity index (χ1n) is 7.59. The second-order valence-electron chi connectivity index (χ2n) is 5.44. The molecule has 0 saturated heterocycles. The number of ether oxygens (including phenoxy) is 1. The van der Waals surface area contributed by atoms with E-state index in [0.29, 0.717) is 11.3 Å². The summed E-state index contributed by atoms with van der Waals surface area (Å²) in [6, 6.07) is 13.8. The summed E-state index contributed by atoms with van der Waals surface area (Å²) in [6.07, 6.45) is 1.41. The van der Waals surface area contributed by atoms with Gasteiger partial charge < -0.3 is 15.8 Å². The molecule has 0 aromatic heterocycles. The van der Waals surface area contributed by atoms with Gasteiger partial charge in [-0.15, -0.1) is 0 Å². The Bertz CT molecular complexity index is 916. The van der Waals surface area contributed by atoms with E-state index in [2.05, 4.69) is 5.32 Å². The first-order chi connectivity index (χ1) is 12.4. The zero-order valence-corrected chi connectivity index (χ0v) is 14.7. The number of anilines is 1. The van der Waals surface area contributed by atoms with Crippen LogP contribution in [0.25, 0.3) is 6.08 Å². The number of nitrogens with two attached hydrogens (primary N) is 1. The van der Waals surface area contributed by atoms with Gasteiger partial charge >= 0.3 is 0 Å². The second kappa shape index (κ2) is 8.70. The quantitative estimate of drug-likeness (QED) is 0.603. The van der Waals surface area contributed by atoms with Gasteiger partial charge in [-0.1, -0.05) is 29.8 Å². The van der Waals surface area contributed by atoms with Crippen LogP contribution in [0, 0.1) is 18.3 Å². The Morgan fingerprint density at radius 3 is 2.69 bits per heavy atom. The van der Waals surface area contributed by atoms with Gasteiger partial charge in [-0.3, -0.25) is 9.59 Å². The van der Waals surface area contributed by atoms with E-state index in [1.165, 1.54) is 18.2 Å². The number of aryl methyl sites for hydroxylation is 1. The number of primary amides is 1. The summed E-state index contributed by atoms with van der Waals surface area (Å²) in [6.45, 7) is 1.61. The van der Waals surface area contributed by atoms with Gasteiger partial charge in [-0.05, 0) is 48.4 Å². The van der Waals surface area contributed by atoms with Gasteiger partial charge in [0.1, 0.15) is 17.4 Å². The highest BCUT2D eigenvalue weighted by atomic mass is 35.5. The van der Waals surface area contributed by atoms with Crippen LogP contribution in [0.1, 0.15) is 11.1 Å². The summed E-state index contributed by atoms with van der Waals surface area (Å²) in [7, 11) is 0. The Hall–Kier alpha value is -3.30. The standard InChI is InChI=1S/C19H16ClN3O3/c1-12-3-2-4-15(7-12)23-19(25)14(10-21)8-13-5-6-17(16(20)9-13)26-11-18(22)24/h2-9H,11H2,1H3,(H2,22,24)(H,23,25)/b14-8+. The summed E-state index contributed by atoms with van der Waals surface area (Å²) in [5.41, 5.74) is 7.07. The van der Waals surface area contributed by atoms with Crippen molar-refractivity contribution in [3.8, 4) is 11.8 Å². The number of hydrogen-bond donors (Lipinski definition) is 2. The molecule has 0 spiro atoms. The van der Waals surface area contributed by atoms with Crippen molar-refractivity contribution in [3.63, 3.8) is 0 Å². The van der Waals surface area contributed by atoms with Gasteiger partial charge in [0.25, 0.3) is 11.8 Å². The number of carbonyl (C=O) groups is 2. The molecule has 0 radical (unpaired) electrons. The van der Waals surface area contributed by atoms with Crippen LogP contribution in [0.5, 0.6) is 5.75 Å². The van der Waals surface area contributed by atoms with Crippen LogP contribution in [0.2, 0.25) is 5.02 Å². The molecule has 0 aliphatic heterocycles. The number of amides is 2. The lowest BCUT2D eigenvalue weighted by molar-refractivity contribution is -0.120. The van der Waals surface area contributed by atoms with E-state index in [4.69, 9.17) is 22.1 Å². The molecule has 0 aliphatic rings. The van der Waals surface area contributed by atoms with E-state index < -0.39 is 11.8 Å². The largest absolute Gasteiger partial charge is 0.482 e. The van der Waals surface area contributed by atoms with Crippen molar-refractivity contribution >= 4 is 35.2 Å². The van der Waals surface area contributed by atoms with Crippen LogP contribution in [0.4, 0.5) is 5.69 Å². The maximum atomic E-state index is 12.3. The average molecular weight is 370 g/mol. The Labute approximate surface area is 155 Å². The highest BCUT2D eigenvalue weighted by Crippen LogP contribution is 2.26. The zero-order chi connectivity index (χ0) is 19.1. The number of benzene rings is 2. The van der Waals surface area contributed by atoms with Crippen LogP contribution < -0.4 is 15.8 Å². The van der Waals surface area contributed by atoms with Crippen LogP contribution in [-0.4, -0.2) is 18.4 Å². The third-order valence-corrected chi connectivity index (χ3v) is 3.57. The maximum Gasteiger partial charge on any atom is 0.266 e. The molecule has 0 fully saturated rings. The van der Waals surface area contributed by atoms with Crippen molar-refractivity contribution in [3.05, 3.63) is 64.2 Å². The molecule has 0 atom stereocenters. The number of rotatable bonds is 6. The molecule has 0 aliphatic carbocycles. The minimum atomic E-state index is -0.621. The van der Waals surface area contributed by atoms with Crippen LogP contribution in [0.3, 0.4) is 0 Å². The Kier molecular flexibility index (Phi) is 6.36. The lowest BCUT2D eigenvalue weighted by atomic mass is 10.1. The first-order valence-corrected chi connectivity index (χ1v) is 7.97. The predicted octanol–water partition coefficient (Wildman–Crippen LogP) is 3.06. The maximum absolute atomic E-state index is 12.3. The number of nitriles is 1. The lowest BCUT2D eigenvalue weighted by Crippen LogP contribution is -2.20. The van der Waals surface area contributed by atoms with Gasteiger partial charge in [0.15, 0.2) is 6.61 Å². The molecule has 2 rings (SSSR count). The van der Waals surface area contributed by atoms with Crippen molar-refractivity contribution < 1.29 is 14.3 Å². The summed E-state index contributed by atoms with van der Waals surface area (Å²) in [4.78, 5) is 23.0. The number of nitrogens with zero attached hydrogens (tertiary/aromatic N) is 1. The smallest absolute Gasteiger partial charge is 0.266 e. The molecular formula is C19H16ClN3O3. The SMILES string of the molecule is Cc1cccc(NC(=O)/C(C#N)=C/c2ccc(OCC(N)=O)c(Cl)c2)c1. The highest BCUT2D eigenvalue weighted by molar-refractivity contribution is 6.32. The van der Waals surface area contributed by atoms with E-state index >= 15 is 0 Å². The Morgan fingerprint density at radius 1 is 1.31 bits per heavy atom. The number of hydrogen-bond acceptors (Lipinski definition) is 4. The first kappa shape index (κ1) is 19.0. The fraction of sp³-hybridized carbons (Fsp3) is 0.105. The Morgan fingerprint density at radius 2 is 2.08 bits per heavy atom. The van der Waals surface area contributed by atoms with Crippen molar-refractivity contribution in [2.45, 2.75) is 6.92 Å². The summed E-state index contributed by atoms with van der Waals surface area (Å²) in [5, 5.41) is 12.2. The van der Waals surface area contributed by atoms with Gasteiger partial charge in [0, 0.05) is 5.69 Å². The van der Waals surface area contributed by atoms with Crippen molar-refractivity contribution in [1.29, 1.82) is 5.26 Å². The van der Waals surface area contributed by atoms with Crippen molar-refractivity contribution in [1.82, 2.24) is 0 Å². The molecule has 2 aromatic rings. The number of nitrogens with one attached hydrogen (secondary N) is 1. The van der Waals surface area contributed by atoms with E-state index in [-0.39, 0.29) is 23.0 Å². The average Bonchev–Trinajstić information content (AvgIpc) is 2.58. The lowest BCUT2D eigenvalue weighted by Gasteiger charge is -2.07. The van der Waals surface area contributed by atoms with E-state index in [1.807, 2.05) is 25.1 Å². The summed E-state index contributed by atoms with van der Waals surface area (Å²) in [5.74, 6) is -0.863. The summed E-state index contributed by atoms with van der Waals surface area (Å²) < 4.78 is 5.15. The normalized spacial score (nSPS) is 10.7. The summed E-state index contributed by atoms with van der Waals surface area (Å²) >= 11 is 6.08. The van der Waals surface area contributed by atoms with Gasteiger partial charge in [-0.25, -0.2) is 0 Å². The molecule has 26 heavy (non-hydrogen) atoms. The molecule has 3 N–H and O–H groups in total. The molecule has 7 heteroatoms. The highest BCUT2D eigenvalue weighted by Gasteiger charge is 2.11. The fourth-order valence-corrected chi connectivity index (χ4v) is 2.35. The second-order valence-corrected chi connectivity index (χ2v) is 5.85. The molecule has 2 aromatic carbocycles. The monoisotopic (exact) mass is 369 g/mol. The molecular weight excluding hydrogens is 354 g/mol. The molecule has 0 unspecified atom stereocenters. The van der Waals surface area contributed by atoms with Gasteiger partial charge in [-0.2, -0.15) is 5.26 Å². The number of carbonyl (C=O) groups excluding carboxylic acids is 2. The third-order valence-electron chi connectivity index (χ3n) is 3.28. The minimum absolute atomic E-state index is 0.0756. The fourth-order valence-electron chi connectivity index (χ4n) is 2.11. The third kappa shape index (κ3) is 5.36. The van der Waals surface area contributed by atoms with Crippen LogP contribution >= 0.6 is 11.6 Å². The number of halogens is 1. The Balaban J connectivity index is 2.17. The molecule has 6 nitrogen and oxygen atoms in total. The topological polar surface area (TPSA) is 105 Å². The van der Waals surface area contributed by atoms with Crippen molar-refractivity contribution in [2.75, 3.05) is 11.9 Å². The van der Waals surface area contributed by atoms with Gasteiger partial charge in [0.2, 0.25) is 0 Å². The van der Waals surface area contributed by atoms with Crippen LogP contribution in [-0.2, 0) is 9.59 Å². The molecule has 0 heterocycles. The molecule has 0 saturated carbocycles.